The smallest absolute Gasteiger partial charge is 0.404 e. The van der Waals surface area contributed by atoms with Crippen LogP contribution in [-0.4, -0.2) is 41.9 Å². The predicted molar refractivity (Wildman–Crippen MR) is 66.2 cm³/mol. The average molecular weight is 337 g/mol. The highest BCUT2D eigenvalue weighted by atomic mass is 32.2. The number of hydrogen-bond acceptors (Lipinski definition) is 6. The number of nitrogens with one attached hydrogen (secondary N) is 2. The number of H-pyrrole nitrogens is 1. The molecule has 0 spiro atoms. The minimum absolute atomic E-state index is 0.109. The van der Waals surface area contributed by atoms with Gasteiger partial charge in [0.25, 0.3) is 0 Å². The lowest BCUT2D eigenvalue weighted by Gasteiger charge is -2.13. The fourth-order valence-corrected chi connectivity index (χ4v) is 2.70. The van der Waals surface area contributed by atoms with Crippen molar-refractivity contribution >= 4 is 10.0 Å². The van der Waals surface area contributed by atoms with Crippen LogP contribution in [0, 0.1) is 0 Å². The molecule has 0 atom stereocenters. The van der Waals surface area contributed by atoms with E-state index in [1.807, 2.05) is 0 Å². The van der Waals surface area contributed by atoms with E-state index in [4.69, 9.17) is 0 Å². The molecular formula is C10H10F3N5O3S. The van der Waals surface area contributed by atoms with Crippen molar-refractivity contribution in [3.63, 3.8) is 0 Å². The van der Waals surface area contributed by atoms with Gasteiger partial charge in [-0.3, -0.25) is 0 Å². The third-order valence-electron chi connectivity index (χ3n) is 2.39. The first-order chi connectivity index (χ1) is 10.3. The third kappa shape index (κ3) is 4.39. The van der Waals surface area contributed by atoms with E-state index in [1.165, 1.54) is 12.1 Å². The van der Waals surface area contributed by atoms with Crippen LogP contribution in [0.3, 0.4) is 0 Å². The second kappa shape index (κ2) is 6.27. The van der Waals surface area contributed by atoms with Crippen LogP contribution in [0.15, 0.2) is 29.2 Å². The van der Waals surface area contributed by atoms with Crippen LogP contribution in [0.25, 0.3) is 0 Å². The van der Waals surface area contributed by atoms with E-state index in [0.29, 0.717) is 0 Å². The number of benzene rings is 1. The third-order valence-corrected chi connectivity index (χ3v) is 3.89. The van der Waals surface area contributed by atoms with Crippen LogP contribution in [-0.2, 0) is 16.4 Å². The maximum absolute atomic E-state index is 12.3. The van der Waals surface area contributed by atoms with Gasteiger partial charge in [0.05, 0.1) is 0 Å². The second-order valence-corrected chi connectivity index (χ2v) is 5.71. The zero-order valence-corrected chi connectivity index (χ0v) is 11.6. The Kier molecular flexibility index (Phi) is 4.61. The summed E-state index contributed by atoms with van der Waals surface area (Å²) in [7, 11) is -4.18. The fourth-order valence-electron chi connectivity index (χ4n) is 1.54. The lowest BCUT2D eigenvalue weighted by Crippen LogP contribution is -2.28. The summed E-state index contributed by atoms with van der Waals surface area (Å²) in [5.41, 5.74) is 0. The summed E-state index contributed by atoms with van der Waals surface area (Å²) in [6, 6.07) is 4.45. The van der Waals surface area contributed by atoms with Crippen molar-refractivity contribution in [3.05, 3.63) is 30.1 Å². The Morgan fingerprint density at radius 2 is 2.00 bits per heavy atom. The van der Waals surface area contributed by atoms with Crippen molar-refractivity contribution in [3.8, 4) is 5.75 Å². The largest absolute Gasteiger partial charge is 0.573 e. The van der Waals surface area contributed by atoms with Gasteiger partial charge in [0.15, 0.2) is 5.82 Å². The fraction of sp³-hybridized carbons (Fsp3) is 0.300. The molecule has 1 aromatic heterocycles. The van der Waals surface area contributed by atoms with Crippen LogP contribution >= 0.6 is 0 Å². The van der Waals surface area contributed by atoms with Gasteiger partial charge < -0.3 is 4.74 Å². The van der Waals surface area contributed by atoms with E-state index < -0.39 is 27.0 Å². The van der Waals surface area contributed by atoms with Crippen LogP contribution < -0.4 is 9.46 Å². The first-order valence-electron chi connectivity index (χ1n) is 5.85. The van der Waals surface area contributed by atoms with Gasteiger partial charge in [-0.25, -0.2) is 13.1 Å². The van der Waals surface area contributed by atoms with E-state index in [1.54, 1.807) is 0 Å². The Bertz CT molecular complexity index is 718. The lowest BCUT2D eigenvalue weighted by atomic mass is 10.3. The molecule has 2 aromatic rings. The van der Waals surface area contributed by atoms with E-state index in [0.717, 1.165) is 12.1 Å². The number of alkyl halides is 3. The number of para-hydroxylation sites is 1. The first kappa shape index (κ1) is 16.2. The number of aromatic amines is 1. The standard InChI is InChI=1S/C10H10F3N5O3S/c11-10(12,13)21-7-3-1-2-4-8(7)22(19,20)14-6-5-9-15-17-18-16-9/h1-4,14H,5-6H2,(H,15,16,17,18). The molecule has 0 aliphatic carbocycles. The molecule has 0 fully saturated rings. The van der Waals surface area contributed by atoms with E-state index in [9.17, 15) is 21.6 Å². The van der Waals surface area contributed by atoms with Crippen LogP contribution in [0.5, 0.6) is 5.75 Å². The highest BCUT2D eigenvalue weighted by Gasteiger charge is 2.33. The van der Waals surface area contributed by atoms with Gasteiger partial charge in [-0.1, -0.05) is 17.3 Å². The predicted octanol–water partition coefficient (Wildman–Crippen LogP) is 0.619. The number of rotatable bonds is 6. The van der Waals surface area contributed by atoms with Crippen LogP contribution in [0.4, 0.5) is 13.2 Å². The number of hydrogen-bond donors (Lipinski definition) is 2. The number of sulfonamides is 1. The van der Waals surface area contributed by atoms with Crippen molar-refractivity contribution in [1.29, 1.82) is 0 Å². The van der Waals surface area contributed by atoms with Gasteiger partial charge in [-0.2, -0.15) is 5.21 Å². The second-order valence-electron chi connectivity index (χ2n) is 3.97. The van der Waals surface area contributed by atoms with Crippen molar-refractivity contribution in [1.82, 2.24) is 25.3 Å². The number of nitrogens with zero attached hydrogens (tertiary/aromatic N) is 3. The van der Waals surface area contributed by atoms with E-state index in [2.05, 4.69) is 30.1 Å². The molecule has 22 heavy (non-hydrogen) atoms. The van der Waals surface area contributed by atoms with Gasteiger partial charge in [-0.15, -0.1) is 23.4 Å². The molecule has 0 radical (unpaired) electrons. The maximum atomic E-state index is 12.3. The Morgan fingerprint density at radius 1 is 1.27 bits per heavy atom. The Labute approximate surface area is 122 Å². The molecule has 1 heterocycles. The van der Waals surface area contributed by atoms with Gasteiger partial charge >= 0.3 is 6.36 Å². The summed E-state index contributed by atoms with van der Waals surface area (Å²) >= 11 is 0. The first-order valence-corrected chi connectivity index (χ1v) is 7.33. The lowest BCUT2D eigenvalue weighted by molar-refractivity contribution is -0.275. The van der Waals surface area contributed by atoms with Gasteiger partial charge in [0.1, 0.15) is 10.6 Å². The maximum Gasteiger partial charge on any atom is 0.573 e. The summed E-state index contributed by atoms with van der Waals surface area (Å²) in [6.07, 6.45) is -4.87. The average Bonchev–Trinajstić information content (AvgIpc) is 2.90. The molecule has 0 bridgehead atoms. The number of tetrazole rings is 1. The molecule has 2 rings (SSSR count). The summed E-state index contributed by atoms with van der Waals surface area (Å²) < 4.78 is 66.8. The molecule has 0 aliphatic rings. The number of ether oxygens (including phenoxy) is 1. The molecule has 8 nitrogen and oxygen atoms in total. The number of halogens is 3. The molecule has 120 valence electrons. The minimum Gasteiger partial charge on any atom is -0.404 e. The summed E-state index contributed by atoms with van der Waals surface area (Å²) in [5.74, 6) is -0.537. The normalized spacial score (nSPS) is 12.3. The molecule has 0 amide bonds. The van der Waals surface area contributed by atoms with Gasteiger partial charge in [0, 0.05) is 13.0 Å². The quantitative estimate of drug-likeness (QED) is 0.800. The summed E-state index contributed by atoms with van der Waals surface area (Å²) in [4.78, 5) is -0.611. The van der Waals surface area contributed by atoms with Gasteiger partial charge in [0.2, 0.25) is 10.0 Å². The Morgan fingerprint density at radius 3 is 2.64 bits per heavy atom. The van der Waals surface area contributed by atoms with Crippen molar-refractivity contribution in [2.75, 3.05) is 6.54 Å². The molecule has 2 N–H and O–H groups in total. The zero-order valence-electron chi connectivity index (χ0n) is 10.8. The van der Waals surface area contributed by atoms with Crippen LogP contribution in [0.1, 0.15) is 5.82 Å². The van der Waals surface area contributed by atoms with Crippen LogP contribution in [0.2, 0.25) is 0 Å². The Balaban J connectivity index is 2.11. The molecular weight excluding hydrogens is 327 g/mol. The molecule has 0 aliphatic heterocycles. The Hall–Kier alpha value is -2.21. The topological polar surface area (TPSA) is 110 Å². The van der Waals surface area contributed by atoms with Gasteiger partial charge in [-0.05, 0) is 12.1 Å². The molecule has 0 saturated carbocycles. The SMILES string of the molecule is O=S(=O)(NCCc1nn[nH]n1)c1ccccc1OC(F)(F)F. The summed E-state index contributed by atoms with van der Waals surface area (Å²) in [6.45, 7) is -0.109. The highest BCUT2D eigenvalue weighted by Crippen LogP contribution is 2.29. The molecule has 0 saturated heterocycles. The minimum atomic E-state index is -4.99. The number of aromatic nitrogens is 4. The van der Waals surface area contributed by atoms with Crippen molar-refractivity contribution in [2.45, 2.75) is 17.7 Å². The molecule has 0 unspecified atom stereocenters. The van der Waals surface area contributed by atoms with E-state index in [-0.39, 0.29) is 18.8 Å². The monoisotopic (exact) mass is 337 g/mol. The summed E-state index contributed by atoms with van der Waals surface area (Å²) in [5, 5.41) is 12.7. The van der Waals surface area contributed by atoms with E-state index >= 15 is 0 Å². The van der Waals surface area contributed by atoms with Crippen molar-refractivity contribution in [2.24, 2.45) is 0 Å². The van der Waals surface area contributed by atoms with Crippen molar-refractivity contribution < 1.29 is 26.3 Å². The molecule has 12 heteroatoms. The molecule has 1 aromatic carbocycles. The highest BCUT2D eigenvalue weighted by molar-refractivity contribution is 7.89. The zero-order chi connectivity index (χ0) is 16.2.